The van der Waals surface area contributed by atoms with Crippen molar-refractivity contribution in [3.63, 3.8) is 0 Å². The number of anilines is 1. The number of carbonyl (C=O) groups is 3. The lowest BCUT2D eigenvalue weighted by Crippen LogP contribution is -2.41. The minimum Gasteiger partial charge on any atom is -0.444 e. The van der Waals surface area contributed by atoms with Gasteiger partial charge in [-0.1, -0.05) is 0 Å². The van der Waals surface area contributed by atoms with E-state index in [1.54, 1.807) is 41.5 Å². The van der Waals surface area contributed by atoms with Crippen molar-refractivity contribution in [2.45, 2.75) is 71.2 Å². The molecule has 0 spiro atoms. The number of aromatic nitrogens is 2. The maximum Gasteiger partial charge on any atom is 0.415 e. The van der Waals surface area contributed by atoms with E-state index < -0.39 is 48.1 Å². The molecule has 11 heteroatoms. The lowest BCUT2D eigenvalue weighted by atomic mass is 10.1. The van der Waals surface area contributed by atoms with E-state index in [2.05, 4.69) is 11.0 Å². The highest BCUT2D eigenvalue weighted by atomic mass is 19.1. The molecule has 1 aromatic heterocycles. The number of hydrogen-bond acceptors (Lipinski definition) is 6. The van der Waals surface area contributed by atoms with Crippen molar-refractivity contribution >= 4 is 23.9 Å². The maximum atomic E-state index is 13.8. The number of primary amides is 1. The molecule has 1 aromatic rings. The van der Waals surface area contributed by atoms with Gasteiger partial charge in [-0.3, -0.25) is 9.69 Å². The van der Waals surface area contributed by atoms with Gasteiger partial charge in [0.15, 0.2) is 5.82 Å². The fraction of sp³-hybridized carbons (Fsp3) is 0.636. The van der Waals surface area contributed by atoms with Crippen LogP contribution in [-0.2, 0) is 9.47 Å². The molecule has 2 atom stereocenters. The highest BCUT2D eigenvalue weighted by molar-refractivity contribution is 6.03. The summed E-state index contributed by atoms with van der Waals surface area (Å²) in [5.41, 5.74) is 3.77. The Balaban J connectivity index is 2.52. The zero-order valence-corrected chi connectivity index (χ0v) is 20.1. The topological polar surface area (TPSA) is 120 Å². The summed E-state index contributed by atoms with van der Waals surface area (Å²) in [5, 5.41) is 4.30. The smallest absolute Gasteiger partial charge is 0.415 e. The van der Waals surface area contributed by atoms with Crippen LogP contribution in [0.4, 0.5) is 19.8 Å². The Morgan fingerprint density at radius 1 is 1.21 bits per heavy atom. The van der Waals surface area contributed by atoms with Crippen LogP contribution in [0.5, 0.6) is 0 Å². The predicted molar refractivity (Wildman–Crippen MR) is 120 cm³/mol. The molecule has 1 fully saturated rings. The molecule has 0 aromatic carbocycles. The number of alkyl halides is 1. The van der Waals surface area contributed by atoms with Crippen LogP contribution in [0.25, 0.3) is 0 Å². The van der Waals surface area contributed by atoms with Crippen LogP contribution < -0.4 is 10.6 Å². The Morgan fingerprint density at radius 3 is 2.24 bits per heavy atom. The molecule has 1 aliphatic heterocycles. The van der Waals surface area contributed by atoms with E-state index >= 15 is 0 Å². The van der Waals surface area contributed by atoms with Crippen LogP contribution >= 0.6 is 0 Å². The van der Waals surface area contributed by atoms with E-state index in [1.807, 2.05) is 0 Å². The molecule has 10 nitrogen and oxygen atoms in total. The van der Waals surface area contributed by atoms with E-state index in [1.165, 1.54) is 16.6 Å². The number of ether oxygens (including phenoxy) is 2. The van der Waals surface area contributed by atoms with Gasteiger partial charge in [0.25, 0.3) is 5.91 Å². The van der Waals surface area contributed by atoms with E-state index in [0.717, 1.165) is 4.90 Å². The molecule has 2 rings (SSSR count). The monoisotopic (exact) mass is 465 g/mol. The van der Waals surface area contributed by atoms with Crippen LogP contribution in [0.3, 0.4) is 0 Å². The van der Waals surface area contributed by atoms with Gasteiger partial charge in [-0.15, -0.1) is 6.42 Å². The standard InChI is InChI=1S/C22H32FN5O5/c1-9-15-16(17(24)29)18(26(8)19(30)32-21(2,3)4)28(25-15)14-10-13(11-23)27(12-14)20(31)33-22(5,6)7/h1,13-14H,10-12H2,2-8H3,(H2,24,29)/t13-,14-/m0/s1. The van der Waals surface area contributed by atoms with E-state index in [9.17, 15) is 18.8 Å². The molecule has 33 heavy (non-hydrogen) atoms. The van der Waals surface area contributed by atoms with Crippen LogP contribution in [0.2, 0.25) is 0 Å². The molecule has 0 aliphatic carbocycles. The predicted octanol–water partition coefficient (Wildman–Crippen LogP) is 2.85. The fourth-order valence-electron chi connectivity index (χ4n) is 3.51. The summed E-state index contributed by atoms with van der Waals surface area (Å²) < 4.78 is 26.0. The third kappa shape index (κ3) is 5.94. The Labute approximate surface area is 193 Å². The van der Waals surface area contributed by atoms with Crippen LogP contribution in [0.1, 0.15) is 70.1 Å². The summed E-state index contributed by atoms with van der Waals surface area (Å²) >= 11 is 0. The molecule has 2 N–H and O–H groups in total. The van der Waals surface area contributed by atoms with Crippen molar-refractivity contribution in [3.05, 3.63) is 11.3 Å². The molecule has 0 unspecified atom stereocenters. The first-order valence-electron chi connectivity index (χ1n) is 10.5. The Hall–Kier alpha value is -3.29. The second-order valence-corrected chi connectivity index (χ2v) is 9.87. The molecule has 0 bridgehead atoms. The van der Waals surface area contributed by atoms with Gasteiger partial charge in [0.05, 0.1) is 12.1 Å². The number of nitrogens with two attached hydrogens (primary N) is 1. The quantitative estimate of drug-likeness (QED) is 0.683. The Morgan fingerprint density at radius 2 is 1.79 bits per heavy atom. The summed E-state index contributed by atoms with van der Waals surface area (Å²) in [6, 6.07) is -1.38. The molecular formula is C22H32FN5O5. The number of carbonyl (C=O) groups excluding carboxylic acids is 3. The van der Waals surface area contributed by atoms with E-state index in [0.29, 0.717) is 0 Å². The number of likely N-dealkylation sites (tertiary alicyclic amines) is 1. The van der Waals surface area contributed by atoms with Crippen molar-refractivity contribution in [3.8, 4) is 12.3 Å². The summed E-state index contributed by atoms with van der Waals surface area (Å²) in [6.45, 7) is 9.44. The third-order valence-corrected chi connectivity index (χ3v) is 4.80. The summed E-state index contributed by atoms with van der Waals surface area (Å²) in [4.78, 5) is 40.0. The average Bonchev–Trinajstić information content (AvgIpc) is 3.25. The highest BCUT2D eigenvalue weighted by Gasteiger charge is 2.41. The van der Waals surface area contributed by atoms with Gasteiger partial charge in [-0.2, -0.15) is 5.10 Å². The first-order chi connectivity index (χ1) is 15.1. The first-order valence-corrected chi connectivity index (χ1v) is 10.5. The number of nitrogens with zero attached hydrogens (tertiary/aromatic N) is 4. The van der Waals surface area contributed by atoms with Crippen molar-refractivity contribution in [1.29, 1.82) is 0 Å². The number of rotatable bonds is 4. The zero-order valence-electron chi connectivity index (χ0n) is 20.1. The molecule has 0 radical (unpaired) electrons. The summed E-state index contributed by atoms with van der Waals surface area (Å²) in [6.07, 6.45) is 4.26. The van der Waals surface area contributed by atoms with E-state index in [4.69, 9.17) is 21.6 Å². The van der Waals surface area contributed by atoms with Crippen molar-refractivity contribution in [1.82, 2.24) is 14.7 Å². The van der Waals surface area contributed by atoms with Crippen LogP contribution in [-0.4, -0.2) is 70.3 Å². The van der Waals surface area contributed by atoms with Crippen molar-refractivity contribution in [2.24, 2.45) is 5.73 Å². The van der Waals surface area contributed by atoms with Crippen LogP contribution in [0.15, 0.2) is 0 Å². The van der Waals surface area contributed by atoms with Crippen LogP contribution in [0, 0.1) is 12.3 Å². The van der Waals surface area contributed by atoms with Gasteiger partial charge in [0.2, 0.25) is 0 Å². The third-order valence-electron chi connectivity index (χ3n) is 4.80. The van der Waals surface area contributed by atoms with Gasteiger partial charge < -0.3 is 20.1 Å². The molecule has 2 heterocycles. The highest BCUT2D eigenvalue weighted by Crippen LogP contribution is 2.35. The summed E-state index contributed by atoms with van der Waals surface area (Å²) in [7, 11) is 1.39. The number of hydrogen-bond donors (Lipinski definition) is 1. The molecule has 3 amide bonds. The maximum absolute atomic E-state index is 13.8. The molecular weight excluding hydrogens is 433 g/mol. The van der Waals surface area contributed by atoms with E-state index in [-0.39, 0.29) is 30.0 Å². The number of terminal acetylenes is 1. The number of halogens is 1. The fourth-order valence-corrected chi connectivity index (χ4v) is 3.51. The lowest BCUT2D eigenvalue weighted by molar-refractivity contribution is 0.0202. The second-order valence-electron chi connectivity index (χ2n) is 9.87. The minimum absolute atomic E-state index is 0.0124. The normalized spacial score (nSPS) is 18.6. The molecule has 1 aliphatic rings. The Kier molecular flexibility index (Phi) is 7.31. The molecule has 0 saturated carbocycles. The zero-order chi connectivity index (χ0) is 25.3. The first kappa shape index (κ1) is 26.0. The van der Waals surface area contributed by atoms with Gasteiger partial charge in [0.1, 0.15) is 29.1 Å². The van der Waals surface area contributed by atoms with Gasteiger partial charge in [0, 0.05) is 13.6 Å². The van der Waals surface area contributed by atoms with Gasteiger partial charge in [-0.25, -0.2) is 18.7 Å². The molecule has 182 valence electrons. The minimum atomic E-state index is -0.886. The second kappa shape index (κ2) is 9.29. The summed E-state index contributed by atoms with van der Waals surface area (Å²) in [5.74, 6) is 1.43. The lowest BCUT2D eigenvalue weighted by Gasteiger charge is -2.27. The van der Waals surface area contributed by atoms with Gasteiger partial charge >= 0.3 is 12.2 Å². The number of amides is 3. The Bertz CT molecular complexity index is 970. The average molecular weight is 466 g/mol. The van der Waals surface area contributed by atoms with Crippen molar-refractivity contribution in [2.75, 3.05) is 25.2 Å². The SMILES string of the molecule is C#Cc1nn([C@H]2C[C@@H](CF)N(C(=O)OC(C)(C)C)C2)c(N(C)C(=O)OC(C)(C)C)c1C(N)=O. The molecule has 1 saturated heterocycles. The largest absolute Gasteiger partial charge is 0.444 e. The van der Waals surface area contributed by atoms with Gasteiger partial charge in [-0.05, 0) is 53.9 Å². The van der Waals surface area contributed by atoms with Crippen molar-refractivity contribution < 1.29 is 28.2 Å².